The van der Waals surface area contributed by atoms with Crippen LogP contribution in [-0.4, -0.2) is 48.4 Å². The summed E-state index contributed by atoms with van der Waals surface area (Å²) in [4.78, 5) is 12.9. The summed E-state index contributed by atoms with van der Waals surface area (Å²) in [7, 11) is 2.27. The Labute approximate surface area is 211 Å². The summed E-state index contributed by atoms with van der Waals surface area (Å²) in [5.41, 5.74) is 3.83. The number of likely N-dealkylation sites (N-methyl/N-ethyl adjacent to an activating group) is 1. The third-order valence-corrected chi connectivity index (χ3v) is 8.36. The number of halogens is 2. The molecule has 0 spiro atoms. The highest BCUT2D eigenvalue weighted by Crippen LogP contribution is 2.44. The minimum absolute atomic E-state index is 0. The van der Waals surface area contributed by atoms with Crippen molar-refractivity contribution in [3.05, 3.63) is 76.7 Å². The largest absolute Gasteiger partial charge is 0.353 e. The van der Waals surface area contributed by atoms with Crippen LogP contribution in [0, 0.1) is 6.92 Å². The molecule has 1 fully saturated rings. The molecule has 1 saturated heterocycles. The summed E-state index contributed by atoms with van der Waals surface area (Å²) in [6, 6.07) is 22.3. The number of aliphatic imine (C=N–C) groups is 1. The zero-order valence-electron chi connectivity index (χ0n) is 18.4. The van der Waals surface area contributed by atoms with Crippen LogP contribution in [0.4, 0.5) is 5.69 Å². The maximum absolute atomic E-state index is 5.21. The van der Waals surface area contributed by atoms with E-state index in [1.165, 1.54) is 31.5 Å². The fourth-order valence-corrected chi connectivity index (χ4v) is 6.69. The number of benzene rings is 2. The molecule has 0 radical (unpaired) electrons. The Balaban J connectivity index is 0.00000144. The van der Waals surface area contributed by atoms with Gasteiger partial charge >= 0.3 is 0 Å². The van der Waals surface area contributed by atoms with Gasteiger partial charge in [-0.2, -0.15) is 0 Å². The Morgan fingerprint density at radius 2 is 1.75 bits per heavy atom. The molecule has 2 aliphatic heterocycles. The number of rotatable bonds is 3. The molecule has 2 aliphatic rings. The third kappa shape index (κ3) is 5.35. The Kier molecular flexibility index (Phi) is 8.70. The molecule has 7 heteroatoms. The first-order chi connectivity index (χ1) is 14.7. The normalized spacial score (nSPS) is 17.9. The molecule has 0 bridgehead atoms. The van der Waals surface area contributed by atoms with Gasteiger partial charge in [0.15, 0.2) is 0 Å². The lowest BCUT2D eigenvalue weighted by Crippen LogP contribution is -2.53. The molecular weight excluding hydrogens is 477 g/mol. The number of thiophene rings is 1. The molecule has 1 aromatic heterocycles. The Hall–Kier alpha value is -1.50. The van der Waals surface area contributed by atoms with Crippen molar-refractivity contribution in [2.75, 3.05) is 26.7 Å². The average Bonchev–Trinajstić information content (AvgIpc) is 3.05. The highest BCUT2D eigenvalue weighted by molar-refractivity contribution is 8.01. The lowest BCUT2D eigenvalue weighted by Gasteiger charge is -2.41. The molecule has 3 aromatic rings. The minimum Gasteiger partial charge on any atom is -0.353 e. The molecule has 170 valence electrons. The highest BCUT2D eigenvalue weighted by atomic mass is 35.5. The van der Waals surface area contributed by atoms with Crippen molar-refractivity contribution < 1.29 is 0 Å². The van der Waals surface area contributed by atoms with Gasteiger partial charge in [-0.05, 0) is 50.6 Å². The van der Waals surface area contributed by atoms with E-state index in [1.54, 1.807) is 0 Å². The van der Waals surface area contributed by atoms with E-state index in [1.807, 2.05) is 23.1 Å². The second kappa shape index (κ2) is 11.1. The number of amidine groups is 1. The first-order valence-electron chi connectivity index (χ1n) is 10.6. The number of aryl methyl sites for hydroxylation is 2. The molecule has 5 rings (SSSR count). The van der Waals surface area contributed by atoms with E-state index >= 15 is 0 Å². The maximum Gasteiger partial charge on any atom is 0.138 e. The molecule has 3 heterocycles. The molecule has 32 heavy (non-hydrogen) atoms. The number of para-hydroxylation sites is 1. The second-order valence-electron chi connectivity index (χ2n) is 8.17. The Morgan fingerprint density at radius 3 is 2.56 bits per heavy atom. The van der Waals surface area contributed by atoms with Gasteiger partial charge in [0.05, 0.1) is 9.90 Å². The van der Waals surface area contributed by atoms with Gasteiger partial charge in [-0.25, -0.2) is 4.99 Å². The SMILES string of the molecule is Cc1cc2c(s1)Sc1ccccc1N=C2N1CCN(C)C(CCc2ccccc2)C1.Cl.Cl. The van der Waals surface area contributed by atoms with E-state index in [0.717, 1.165) is 37.6 Å². The first-order valence-corrected chi connectivity index (χ1v) is 12.3. The fourth-order valence-electron chi connectivity index (χ4n) is 4.30. The van der Waals surface area contributed by atoms with Crippen LogP contribution in [0.1, 0.15) is 22.4 Å². The molecule has 2 aromatic carbocycles. The molecular formula is C25H29Cl2N3S2. The average molecular weight is 507 g/mol. The van der Waals surface area contributed by atoms with Crippen molar-refractivity contribution in [2.24, 2.45) is 4.99 Å². The van der Waals surface area contributed by atoms with E-state index < -0.39 is 0 Å². The fraction of sp³-hybridized carbons (Fsp3) is 0.320. The summed E-state index contributed by atoms with van der Waals surface area (Å²) in [6.45, 7) is 5.34. The van der Waals surface area contributed by atoms with Gasteiger partial charge in [-0.15, -0.1) is 36.2 Å². The lowest BCUT2D eigenvalue weighted by molar-refractivity contribution is 0.134. The van der Waals surface area contributed by atoms with Crippen molar-refractivity contribution in [1.29, 1.82) is 0 Å². The number of fused-ring (bicyclic) bond motifs is 2. The van der Waals surface area contributed by atoms with Gasteiger partial charge in [0.25, 0.3) is 0 Å². The maximum atomic E-state index is 5.21. The number of hydrogen-bond donors (Lipinski definition) is 0. The quantitative estimate of drug-likeness (QED) is 0.394. The number of hydrogen-bond acceptors (Lipinski definition) is 5. The van der Waals surface area contributed by atoms with Gasteiger partial charge in [0.2, 0.25) is 0 Å². The van der Waals surface area contributed by atoms with Crippen LogP contribution in [0.15, 0.2) is 74.8 Å². The van der Waals surface area contributed by atoms with E-state index in [0.29, 0.717) is 6.04 Å². The van der Waals surface area contributed by atoms with E-state index in [2.05, 4.69) is 84.4 Å². The smallest absolute Gasteiger partial charge is 0.138 e. The summed E-state index contributed by atoms with van der Waals surface area (Å²) in [6.07, 6.45) is 2.29. The van der Waals surface area contributed by atoms with Gasteiger partial charge < -0.3 is 4.90 Å². The van der Waals surface area contributed by atoms with Crippen LogP contribution in [-0.2, 0) is 6.42 Å². The van der Waals surface area contributed by atoms with Gasteiger partial charge in [0, 0.05) is 41.0 Å². The van der Waals surface area contributed by atoms with E-state index in [9.17, 15) is 0 Å². The molecule has 3 nitrogen and oxygen atoms in total. The third-order valence-electron chi connectivity index (χ3n) is 6.04. The van der Waals surface area contributed by atoms with Crippen molar-refractivity contribution in [3.63, 3.8) is 0 Å². The van der Waals surface area contributed by atoms with E-state index in [4.69, 9.17) is 4.99 Å². The van der Waals surface area contributed by atoms with E-state index in [-0.39, 0.29) is 24.8 Å². The molecule has 0 amide bonds. The summed E-state index contributed by atoms with van der Waals surface area (Å²) in [5, 5.41) is 0. The highest BCUT2D eigenvalue weighted by Gasteiger charge is 2.30. The number of piperazine rings is 1. The van der Waals surface area contributed by atoms with Gasteiger partial charge in [0.1, 0.15) is 5.84 Å². The van der Waals surface area contributed by atoms with Gasteiger partial charge in [-0.3, -0.25) is 4.90 Å². The Morgan fingerprint density at radius 1 is 1.00 bits per heavy atom. The molecule has 1 unspecified atom stereocenters. The number of nitrogens with zero attached hydrogens (tertiary/aromatic N) is 3. The summed E-state index contributed by atoms with van der Waals surface area (Å²) >= 11 is 3.76. The van der Waals surface area contributed by atoms with Crippen LogP contribution in [0.5, 0.6) is 0 Å². The van der Waals surface area contributed by atoms with Crippen molar-refractivity contribution in [2.45, 2.75) is 34.9 Å². The van der Waals surface area contributed by atoms with Crippen molar-refractivity contribution in [1.82, 2.24) is 9.80 Å². The predicted molar refractivity (Wildman–Crippen MR) is 143 cm³/mol. The molecule has 0 saturated carbocycles. The standard InChI is InChI=1S/C25H27N3S2.2ClH/c1-18-16-21-24(26-22-10-6-7-11-23(22)30-25(21)29-18)28-15-14-27(2)20(17-28)13-12-19-8-4-3-5-9-19;;/h3-11,16,20H,12-15,17H2,1-2H3;2*1H. The molecule has 0 aliphatic carbocycles. The Bertz CT molecular complexity index is 1070. The second-order valence-corrected chi connectivity index (χ2v) is 10.7. The van der Waals surface area contributed by atoms with Gasteiger partial charge in [-0.1, -0.05) is 54.2 Å². The first kappa shape index (κ1) is 25.1. The topological polar surface area (TPSA) is 18.8 Å². The van der Waals surface area contributed by atoms with Crippen LogP contribution in [0.3, 0.4) is 0 Å². The minimum atomic E-state index is 0. The van der Waals surface area contributed by atoms with Crippen LogP contribution >= 0.6 is 47.9 Å². The van der Waals surface area contributed by atoms with Crippen molar-refractivity contribution >= 4 is 59.4 Å². The lowest BCUT2D eigenvalue weighted by atomic mass is 10.0. The zero-order valence-corrected chi connectivity index (χ0v) is 21.6. The molecule has 1 atom stereocenters. The predicted octanol–water partition coefficient (Wildman–Crippen LogP) is 6.69. The van der Waals surface area contributed by atoms with Crippen molar-refractivity contribution in [3.8, 4) is 0 Å². The van der Waals surface area contributed by atoms with Crippen LogP contribution in [0.25, 0.3) is 0 Å². The van der Waals surface area contributed by atoms with Crippen LogP contribution in [0.2, 0.25) is 0 Å². The summed E-state index contributed by atoms with van der Waals surface area (Å²) < 4.78 is 1.37. The summed E-state index contributed by atoms with van der Waals surface area (Å²) in [5.74, 6) is 1.16. The molecule has 0 N–H and O–H groups in total. The van der Waals surface area contributed by atoms with Crippen LogP contribution < -0.4 is 0 Å². The monoisotopic (exact) mass is 505 g/mol. The zero-order chi connectivity index (χ0) is 20.5.